The molecule has 2 fully saturated rings. The predicted octanol–water partition coefficient (Wildman–Crippen LogP) is 5.08. The van der Waals surface area contributed by atoms with Gasteiger partial charge in [-0.3, -0.25) is 14.5 Å². The minimum atomic E-state index is -0.0549. The molecule has 0 radical (unpaired) electrons. The first kappa shape index (κ1) is 31.1. The maximum absolute atomic E-state index is 12.4. The number of quaternary nitrogens is 1. The normalized spacial score (nSPS) is 27.4. The van der Waals surface area contributed by atoms with Crippen molar-refractivity contribution in [3.8, 4) is 0 Å². The molecular weight excluding hydrogens is 452 g/mol. The zero-order valence-corrected chi connectivity index (χ0v) is 25.2. The molecule has 2 saturated heterocycles. The third kappa shape index (κ3) is 8.72. The minimum absolute atomic E-state index is 0.00589. The molecule has 36 heavy (non-hydrogen) atoms. The fourth-order valence-electron chi connectivity index (χ4n) is 6.61. The molecule has 2 heterocycles. The Labute approximate surface area is 221 Å². The average molecular weight is 510 g/mol. The van der Waals surface area contributed by atoms with Crippen LogP contribution in [-0.2, 0) is 19.1 Å². The lowest BCUT2D eigenvalue weighted by Gasteiger charge is -2.53. The lowest BCUT2D eigenvalue weighted by molar-refractivity contribution is -0.983. The molecule has 0 spiro atoms. The molecule has 0 aromatic heterocycles. The van der Waals surface area contributed by atoms with Gasteiger partial charge in [0.15, 0.2) is 0 Å². The van der Waals surface area contributed by atoms with E-state index in [4.69, 9.17) is 9.47 Å². The van der Waals surface area contributed by atoms with Gasteiger partial charge < -0.3 is 14.4 Å². The average Bonchev–Trinajstić information content (AvgIpc) is 2.71. The van der Waals surface area contributed by atoms with Crippen molar-refractivity contribution < 1.29 is 24.0 Å². The molecule has 2 rings (SSSR count). The quantitative estimate of drug-likeness (QED) is 0.311. The summed E-state index contributed by atoms with van der Waals surface area (Å²) in [6.07, 6.45) is 10.7. The fraction of sp³-hybridized carbons (Fsp3) is 0.933. The molecule has 0 unspecified atom stereocenters. The van der Waals surface area contributed by atoms with E-state index in [0.29, 0.717) is 12.8 Å². The third-order valence-electron chi connectivity index (χ3n) is 9.38. The topological polar surface area (TPSA) is 60.3 Å². The second-order valence-corrected chi connectivity index (χ2v) is 14.2. The van der Waals surface area contributed by atoms with Gasteiger partial charge in [0.05, 0.1) is 18.1 Å². The van der Waals surface area contributed by atoms with Crippen molar-refractivity contribution in [1.82, 2.24) is 4.90 Å². The van der Waals surface area contributed by atoms with E-state index in [2.05, 4.69) is 74.4 Å². The lowest BCUT2D eigenvalue weighted by Crippen LogP contribution is -3.24. The van der Waals surface area contributed by atoms with Crippen LogP contribution in [0.4, 0.5) is 0 Å². The van der Waals surface area contributed by atoms with Gasteiger partial charge in [-0.25, -0.2) is 0 Å². The summed E-state index contributed by atoms with van der Waals surface area (Å²) in [6, 6.07) is 0. The van der Waals surface area contributed by atoms with E-state index in [9.17, 15) is 9.59 Å². The molecule has 1 N–H and O–H groups in total. The van der Waals surface area contributed by atoms with Gasteiger partial charge in [0.1, 0.15) is 12.2 Å². The number of unbranched alkanes of at least 4 members (excludes halogenated alkanes) is 5. The van der Waals surface area contributed by atoms with Crippen LogP contribution in [0, 0.1) is 0 Å². The summed E-state index contributed by atoms with van der Waals surface area (Å²) in [5, 5.41) is 0. The van der Waals surface area contributed by atoms with E-state index in [1.807, 2.05) is 0 Å². The maximum Gasteiger partial charge on any atom is 0.306 e. The van der Waals surface area contributed by atoms with Crippen LogP contribution in [0.25, 0.3) is 0 Å². The fourth-order valence-corrected chi connectivity index (χ4v) is 6.61. The minimum Gasteiger partial charge on any atom is -0.462 e. The van der Waals surface area contributed by atoms with Gasteiger partial charge in [-0.15, -0.1) is 0 Å². The molecule has 0 aromatic rings. The number of rotatable bonds is 11. The van der Waals surface area contributed by atoms with Crippen molar-refractivity contribution in [1.29, 1.82) is 0 Å². The summed E-state index contributed by atoms with van der Waals surface area (Å²) < 4.78 is 11.7. The zero-order chi connectivity index (χ0) is 27.4. The number of piperidine rings is 2. The van der Waals surface area contributed by atoms with Gasteiger partial charge in [0.25, 0.3) is 0 Å². The predicted molar refractivity (Wildman–Crippen MR) is 146 cm³/mol. The number of carbonyl (C=O) groups excluding carboxylic acids is 2. The highest BCUT2D eigenvalue weighted by Crippen LogP contribution is 2.38. The van der Waals surface area contributed by atoms with E-state index in [-0.39, 0.29) is 46.3 Å². The highest BCUT2D eigenvalue weighted by molar-refractivity contribution is 5.69. The highest BCUT2D eigenvalue weighted by Gasteiger charge is 2.48. The first-order valence-corrected chi connectivity index (χ1v) is 14.4. The van der Waals surface area contributed by atoms with Crippen LogP contribution in [0.2, 0.25) is 0 Å². The van der Waals surface area contributed by atoms with Crippen molar-refractivity contribution in [3.63, 3.8) is 0 Å². The van der Waals surface area contributed by atoms with Gasteiger partial charge >= 0.3 is 11.9 Å². The Bertz CT molecular complexity index is 645. The van der Waals surface area contributed by atoms with Crippen molar-refractivity contribution in [2.75, 3.05) is 14.1 Å². The number of hydrogen-bond donors (Lipinski definition) is 1. The first-order chi connectivity index (χ1) is 16.5. The van der Waals surface area contributed by atoms with Gasteiger partial charge in [0, 0.05) is 49.6 Å². The Kier molecular flexibility index (Phi) is 10.5. The van der Waals surface area contributed by atoms with E-state index in [1.54, 1.807) is 0 Å². The molecule has 0 saturated carbocycles. The molecule has 0 bridgehead atoms. The van der Waals surface area contributed by atoms with Crippen LogP contribution < -0.4 is 4.90 Å². The van der Waals surface area contributed by atoms with E-state index >= 15 is 0 Å². The Balaban J connectivity index is 1.54. The van der Waals surface area contributed by atoms with Crippen LogP contribution in [0.1, 0.15) is 132 Å². The smallest absolute Gasteiger partial charge is 0.306 e. The van der Waals surface area contributed by atoms with Gasteiger partial charge in [0.2, 0.25) is 0 Å². The first-order valence-electron chi connectivity index (χ1n) is 14.4. The molecule has 0 aliphatic carbocycles. The largest absolute Gasteiger partial charge is 0.462 e. The van der Waals surface area contributed by atoms with Crippen molar-refractivity contribution in [3.05, 3.63) is 0 Å². The van der Waals surface area contributed by atoms with E-state index < -0.39 is 0 Å². The molecule has 6 heteroatoms. The molecule has 6 nitrogen and oxygen atoms in total. The monoisotopic (exact) mass is 509 g/mol. The number of ether oxygens (including phenoxy) is 2. The Hall–Kier alpha value is -1.14. The second-order valence-electron chi connectivity index (χ2n) is 14.2. The SMILES string of the molecule is CN1C(C)(C)CC(OC(=O)CCCCCCCCC(=O)OC2CC(C)(C)[NH+](C)C(C)(C)C2)CC1(C)C. The third-order valence-corrected chi connectivity index (χ3v) is 9.38. The lowest BCUT2D eigenvalue weighted by atomic mass is 9.78. The Morgan fingerprint density at radius 1 is 0.667 bits per heavy atom. The standard InChI is InChI=1S/C30H56N2O4/c1-27(2)19-23(20-28(3,4)31(27)9)35-25(33)17-15-13-11-12-14-16-18-26(34)36-24-21-29(5,6)32(10)30(7,8)22-24/h23-24H,11-22H2,1-10H3/p+1. The summed E-state index contributed by atoms with van der Waals surface area (Å²) in [6.45, 7) is 18.0. The van der Waals surface area contributed by atoms with Gasteiger partial charge in [-0.2, -0.15) is 0 Å². The molecule has 210 valence electrons. The van der Waals surface area contributed by atoms with E-state index in [1.165, 1.54) is 4.90 Å². The number of esters is 2. The molecule has 2 aliphatic heterocycles. The number of nitrogens with one attached hydrogen (secondary N) is 1. The van der Waals surface area contributed by atoms with Crippen molar-refractivity contribution in [2.45, 2.75) is 167 Å². The van der Waals surface area contributed by atoms with Crippen LogP contribution in [0.5, 0.6) is 0 Å². The van der Waals surface area contributed by atoms with Crippen LogP contribution in [0.15, 0.2) is 0 Å². The Morgan fingerprint density at radius 3 is 1.39 bits per heavy atom. The second kappa shape index (κ2) is 12.1. The molecule has 0 atom stereocenters. The number of carbonyl (C=O) groups is 2. The summed E-state index contributed by atoms with van der Waals surface area (Å²) in [5.74, 6) is -0.102. The Morgan fingerprint density at radius 2 is 1.00 bits per heavy atom. The number of hydrogen-bond acceptors (Lipinski definition) is 5. The summed E-state index contributed by atoms with van der Waals surface area (Å²) in [5.41, 5.74) is 0.277. The maximum atomic E-state index is 12.4. The molecule has 0 aromatic carbocycles. The summed E-state index contributed by atoms with van der Waals surface area (Å²) >= 11 is 0. The van der Waals surface area contributed by atoms with Crippen LogP contribution >= 0.6 is 0 Å². The van der Waals surface area contributed by atoms with Gasteiger partial charge in [-0.1, -0.05) is 25.7 Å². The number of likely N-dealkylation sites (tertiary alicyclic amines) is 2. The summed E-state index contributed by atoms with van der Waals surface area (Å²) in [4.78, 5) is 28.7. The number of nitrogens with zero attached hydrogens (tertiary/aromatic N) is 1. The van der Waals surface area contributed by atoms with Gasteiger partial charge in [-0.05, 0) is 75.3 Å². The van der Waals surface area contributed by atoms with Crippen LogP contribution in [-0.4, -0.2) is 65.3 Å². The van der Waals surface area contributed by atoms with Crippen molar-refractivity contribution in [2.24, 2.45) is 0 Å². The zero-order valence-electron chi connectivity index (χ0n) is 25.2. The van der Waals surface area contributed by atoms with Crippen LogP contribution in [0.3, 0.4) is 0 Å². The molecule has 0 amide bonds. The summed E-state index contributed by atoms with van der Waals surface area (Å²) in [7, 11) is 4.41. The van der Waals surface area contributed by atoms with E-state index in [0.717, 1.165) is 64.2 Å². The van der Waals surface area contributed by atoms with Crippen molar-refractivity contribution >= 4 is 11.9 Å². The highest BCUT2D eigenvalue weighted by atomic mass is 16.5. The molecule has 2 aliphatic rings. The molecular formula is C30H57N2O4+.